The number of nitrogens with zero attached hydrogens (tertiary/aromatic N) is 2. The Kier molecular flexibility index (Phi) is 4.70. The van der Waals surface area contributed by atoms with E-state index in [2.05, 4.69) is 5.32 Å². The van der Waals surface area contributed by atoms with Crippen LogP contribution in [-0.2, 0) is 11.3 Å². The van der Waals surface area contributed by atoms with Gasteiger partial charge in [-0.1, -0.05) is 12.1 Å². The Balaban J connectivity index is 1.85. The summed E-state index contributed by atoms with van der Waals surface area (Å²) in [6, 6.07) is 10.7. The highest BCUT2D eigenvalue weighted by Gasteiger charge is 2.16. The van der Waals surface area contributed by atoms with Gasteiger partial charge in [-0.2, -0.15) is 0 Å². The number of aromatic nitrogens is 1. The average molecular weight is 357 g/mol. The number of fused-ring (bicyclic) bond motifs is 1. The van der Waals surface area contributed by atoms with Crippen LogP contribution >= 0.6 is 0 Å². The molecule has 3 aromatic rings. The van der Waals surface area contributed by atoms with Gasteiger partial charge < -0.3 is 14.5 Å². The molecule has 1 heterocycles. The quantitative estimate of drug-likeness (QED) is 0.535. The van der Waals surface area contributed by atoms with Crippen LogP contribution in [0.25, 0.3) is 11.1 Å². The predicted molar refractivity (Wildman–Crippen MR) is 93.4 cm³/mol. The number of hydrogen-bond donors (Lipinski definition) is 1. The Morgan fingerprint density at radius 1 is 1.31 bits per heavy atom. The zero-order chi connectivity index (χ0) is 18.7. The first-order valence-corrected chi connectivity index (χ1v) is 7.79. The largest absolute Gasteiger partial charge is 0.492 e. The molecule has 0 fully saturated rings. The van der Waals surface area contributed by atoms with Crippen molar-refractivity contribution in [1.29, 1.82) is 0 Å². The maximum atomic E-state index is 12.3. The second-order valence-corrected chi connectivity index (χ2v) is 5.34. The number of nitro benzene ring substituents is 1. The minimum absolute atomic E-state index is 0.0479. The maximum absolute atomic E-state index is 12.3. The third-order valence-corrected chi connectivity index (χ3v) is 3.63. The van der Waals surface area contributed by atoms with Gasteiger partial charge in [-0.15, -0.1) is 0 Å². The average Bonchev–Trinajstić information content (AvgIpc) is 2.91. The van der Waals surface area contributed by atoms with E-state index in [9.17, 15) is 19.7 Å². The minimum atomic E-state index is -0.770. The van der Waals surface area contributed by atoms with Crippen molar-refractivity contribution in [3.05, 3.63) is 63.1 Å². The third-order valence-electron chi connectivity index (χ3n) is 3.63. The first kappa shape index (κ1) is 17.2. The van der Waals surface area contributed by atoms with Crippen LogP contribution in [0.2, 0.25) is 0 Å². The van der Waals surface area contributed by atoms with E-state index in [1.165, 1.54) is 12.1 Å². The number of ether oxygens (including phenoxy) is 1. The van der Waals surface area contributed by atoms with Crippen LogP contribution in [0.5, 0.6) is 5.75 Å². The standard InChI is InChI=1S/C17H15N3O6/c1-2-25-14-6-4-3-5-12(14)18-16(21)10-19-13-8-7-11(20(23)24)9-15(13)26-17(19)22/h3-9H,2,10H2,1H3,(H,18,21). The van der Waals surface area contributed by atoms with Crippen molar-refractivity contribution < 1.29 is 18.9 Å². The van der Waals surface area contributed by atoms with Crippen molar-refractivity contribution in [1.82, 2.24) is 4.57 Å². The van der Waals surface area contributed by atoms with Crippen molar-refractivity contribution in [3.8, 4) is 5.75 Å². The van der Waals surface area contributed by atoms with Gasteiger partial charge in [-0.3, -0.25) is 19.5 Å². The Morgan fingerprint density at radius 3 is 2.81 bits per heavy atom. The number of rotatable bonds is 6. The Bertz CT molecular complexity index is 1040. The molecule has 0 aliphatic heterocycles. The number of nitro groups is 1. The van der Waals surface area contributed by atoms with E-state index in [0.29, 0.717) is 23.6 Å². The summed E-state index contributed by atoms with van der Waals surface area (Å²) in [5.41, 5.74) is 0.630. The van der Waals surface area contributed by atoms with Crippen molar-refractivity contribution in [2.24, 2.45) is 0 Å². The second kappa shape index (κ2) is 7.09. The van der Waals surface area contributed by atoms with E-state index in [0.717, 1.165) is 10.6 Å². The van der Waals surface area contributed by atoms with Gasteiger partial charge in [0.2, 0.25) is 5.91 Å². The monoisotopic (exact) mass is 357 g/mol. The number of benzene rings is 2. The number of nitrogens with one attached hydrogen (secondary N) is 1. The highest BCUT2D eigenvalue weighted by molar-refractivity contribution is 5.93. The van der Waals surface area contributed by atoms with E-state index in [-0.39, 0.29) is 17.8 Å². The van der Waals surface area contributed by atoms with Crippen molar-refractivity contribution >= 4 is 28.4 Å². The number of carbonyl (C=O) groups excluding carboxylic acids is 1. The van der Waals surface area contributed by atoms with Gasteiger partial charge in [0.25, 0.3) is 5.69 Å². The number of amides is 1. The first-order chi connectivity index (χ1) is 12.5. The smallest absolute Gasteiger partial charge is 0.420 e. The van der Waals surface area contributed by atoms with Crippen LogP contribution in [0.15, 0.2) is 51.7 Å². The van der Waals surface area contributed by atoms with Crippen molar-refractivity contribution in [2.75, 3.05) is 11.9 Å². The molecule has 0 atom stereocenters. The molecule has 9 nitrogen and oxygen atoms in total. The Labute approximate surface area is 146 Å². The zero-order valence-electron chi connectivity index (χ0n) is 13.8. The van der Waals surface area contributed by atoms with Crippen LogP contribution < -0.4 is 15.8 Å². The molecule has 0 unspecified atom stereocenters. The molecule has 0 aliphatic rings. The number of oxazole rings is 1. The number of non-ortho nitro benzene ring substituents is 1. The second-order valence-electron chi connectivity index (χ2n) is 5.34. The van der Waals surface area contributed by atoms with Crippen LogP contribution in [0.4, 0.5) is 11.4 Å². The molecule has 0 saturated heterocycles. The summed E-state index contributed by atoms with van der Waals surface area (Å²) in [4.78, 5) is 34.5. The number of para-hydroxylation sites is 2. The fraction of sp³-hybridized carbons (Fsp3) is 0.176. The van der Waals surface area contributed by atoms with Crippen molar-refractivity contribution in [2.45, 2.75) is 13.5 Å². The van der Waals surface area contributed by atoms with Gasteiger partial charge in [0.05, 0.1) is 28.8 Å². The molecule has 1 amide bonds. The summed E-state index contributed by atoms with van der Waals surface area (Å²) in [7, 11) is 0. The normalized spacial score (nSPS) is 10.7. The lowest BCUT2D eigenvalue weighted by Gasteiger charge is -2.11. The number of hydrogen-bond acceptors (Lipinski definition) is 6. The summed E-state index contributed by atoms with van der Waals surface area (Å²) >= 11 is 0. The van der Waals surface area contributed by atoms with E-state index in [1.807, 2.05) is 6.92 Å². The topological polar surface area (TPSA) is 117 Å². The molecule has 1 aromatic heterocycles. The lowest BCUT2D eigenvalue weighted by atomic mass is 10.3. The predicted octanol–water partition coefficient (Wildman–Crippen LogP) is 2.54. The highest BCUT2D eigenvalue weighted by atomic mass is 16.6. The van der Waals surface area contributed by atoms with Crippen LogP contribution in [0, 0.1) is 10.1 Å². The summed E-state index contributed by atoms with van der Waals surface area (Å²) < 4.78 is 11.5. The molecule has 9 heteroatoms. The third kappa shape index (κ3) is 3.41. The molecule has 0 aliphatic carbocycles. The van der Waals surface area contributed by atoms with Gasteiger partial charge in [-0.05, 0) is 25.1 Å². The summed E-state index contributed by atoms with van der Waals surface area (Å²) in [6.07, 6.45) is 0. The summed E-state index contributed by atoms with van der Waals surface area (Å²) in [5.74, 6) is -0.711. The molecule has 0 spiro atoms. The fourth-order valence-corrected chi connectivity index (χ4v) is 2.50. The van der Waals surface area contributed by atoms with E-state index in [4.69, 9.17) is 9.15 Å². The molecule has 0 radical (unpaired) electrons. The van der Waals surface area contributed by atoms with Gasteiger partial charge in [0, 0.05) is 6.07 Å². The van der Waals surface area contributed by atoms with E-state index in [1.54, 1.807) is 24.3 Å². The Morgan fingerprint density at radius 2 is 2.08 bits per heavy atom. The summed E-state index contributed by atoms with van der Waals surface area (Å²) in [6.45, 7) is 1.97. The minimum Gasteiger partial charge on any atom is -0.492 e. The van der Waals surface area contributed by atoms with E-state index >= 15 is 0 Å². The molecule has 0 saturated carbocycles. The molecular weight excluding hydrogens is 342 g/mol. The zero-order valence-corrected chi connectivity index (χ0v) is 13.8. The van der Waals surface area contributed by atoms with Gasteiger partial charge in [0.1, 0.15) is 12.3 Å². The van der Waals surface area contributed by atoms with Gasteiger partial charge >= 0.3 is 5.76 Å². The van der Waals surface area contributed by atoms with Crippen molar-refractivity contribution in [3.63, 3.8) is 0 Å². The SMILES string of the molecule is CCOc1ccccc1NC(=O)Cn1c(=O)oc2cc([N+](=O)[O-])ccc21. The molecule has 2 aromatic carbocycles. The van der Waals surface area contributed by atoms with Crippen LogP contribution in [0.3, 0.4) is 0 Å². The molecule has 134 valence electrons. The van der Waals surface area contributed by atoms with Crippen LogP contribution in [-0.4, -0.2) is 22.0 Å². The molecule has 0 bridgehead atoms. The van der Waals surface area contributed by atoms with Crippen LogP contribution in [0.1, 0.15) is 6.92 Å². The molecule has 3 rings (SSSR count). The summed E-state index contributed by atoms with van der Waals surface area (Å²) in [5, 5.41) is 13.5. The van der Waals surface area contributed by atoms with E-state index < -0.39 is 16.6 Å². The number of anilines is 1. The Hall–Kier alpha value is -3.62. The van der Waals surface area contributed by atoms with Gasteiger partial charge in [-0.25, -0.2) is 4.79 Å². The molecule has 1 N–H and O–H groups in total. The fourth-order valence-electron chi connectivity index (χ4n) is 2.50. The lowest BCUT2D eigenvalue weighted by Crippen LogP contribution is -2.25. The molecule has 26 heavy (non-hydrogen) atoms. The van der Waals surface area contributed by atoms with Gasteiger partial charge in [0.15, 0.2) is 5.58 Å². The first-order valence-electron chi connectivity index (χ1n) is 7.79. The highest BCUT2D eigenvalue weighted by Crippen LogP contribution is 2.24. The number of carbonyl (C=O) groups is 1. The maximum Gasteiger partial charge on any atom is 0.420 e. The lowest BCUT2D eigenvalue weighted by molar-refractivity contribution is -0.384. The molecular formula is C17H15N3O6.